The SMILES string of the molecule is CCC(C)NC(=O)C(Cc1ccccc1)N(Cc1ccc(Cl)c(Cl)c1)C(=O)COc1cc(C)ccc1C. The van der Waals surface area contributed by atoms with E-state index in [1.807, 2.05) is 82.3 Å². The Morgan fingerprint density at radius 1 is 0.946 bits per heavy atom. The predicted octanol–water partition coefficient (Wildman–Crippen LogP) is 6.54. The van der Waals surface area contributed by atoms with Crippen LogP contribution in [0, 0.1) is 13.8 Å². The lowest BCUT2D eigenvalue weighted by Crippen LogP contribution is -2.53. The van der Waals surface area contributed by atoms with Gasteiger partial charge in [0.1, 0.15) is 11.8 Å². The van der Waals surface area contributed by atoms with Crippen molar-refractivity contribution in [2.75, 3.05) is 6.61 Å². The van der Waals surface area contributed by atoms with Crippen molar-refractivity contribution in [2.24, 2.45) is 0 Å². The molecule has 7 heteroatoms. The first-order valence-electron chi connectivity index (χ1n) is 12.5. The first-order chi connectivity index (χ1) is 17.7. The van der Waals surface area contributed by atoms with Crippen molar-refractivity contribution in [3.05, 3.63) is 99.0 Å². The standard InChI is InChI=1S/C30H34Cl2N2O3/c1-5-22(4)33-30(36)27(17-23-9-7-6-8-10-23)34(18-24-13-14-25(31)26(32)16-24)29(35)19-37-28-15-20(2)11-12-21(28)3/h6-16,22,27H,5,17-19H2,1-4H3,(H,33,36). The van der Waals surface area contributed by atoms with E-state index in [0.29, 0.717) is 22.2 Å². The van der Waals surface area contributed by atoms with Crippen LogP contribution in [0.5, 0.6) is 5.75 Å². The van der Waals surface area contributed by atoms with Crippen LogP contribution < -0.4 is 10.1 Å². The molecule has 3 aromatic rings. The smallest absolute Gasteiger partial charge is 0.261 e. The van der Waals surface area contributed by atoms with E-state index in [9.17, 15) is 9.59 Å². The maximum Gasteiger partial charge on any atom is 0.261 e. The Labute approximate surface area is 229 Å². The number of nitrogens with one attached hydrogen (secondary N) is 1. The number of benzene rings is 3. The van der Waals surface area contributed by atoms with E-state index in [1.54, 1.807) is 17.0 Å². The fourth-order valence-corrected chi connectivity index (χ4v) is 4.24. The number of rotatable bonds is 11. The molecule has 0 saturated carbocycles. The third kappa shape index (κ3) is 8.24. The lowest BCUT2D eigenvalue weighted by atomic mass is 10.0. The van der Waals surface area contributed by atoms with Crippen molar-refractivity contribution in [2.45, 2.75) is 59.2 Å². The highest BCUT2D eigenvalue weighted by Crippen LogP contribution is 2.25. The number of amides is 2. The Balaban J connectivity index is 1.95. The highest BCUT2D eigenvalue weighted by Gasteiger charge is 2.31. The highest BCUT2D eigenvalue weighted by atomic mass is 35.5. The Morgan fingerprint density at radius 3 is 2.35 bits per heavy atom. The number of hydrogen-bond donors (Lipinski definition) is 1. The van der Waals surface area contributed by atoms with Gasteiger partial charge in [0.2, 0.25) is 5.91 Å². The number of carbonyl (C=O) groups is 2. The average molecular weight is 542 g/mol. The zero-order chi connectivity index (χ0) is 26.9. The second kappa shape index (κ2) is 13.5. The average Bonchev–Trinajstić information content (AvgIpc) is 2.88. The number of ether oxygens (including phenoxy) is 1. The van der Waals surface area contributed by atoms with E-state index in [-0.39, 0.29) is 31.0 Å². The molecule has 0 radical (unpaired) electrons. The van der Waals surface area contributed by atoms with Crippen LogP contribution in [0.4, 0.5) is 0 Å². The van der Waals surface area contributed by atoms with Crippen molar-refractivity contribution in [3.8, 4) is 5.75 Å². The molecule has 0 heterocycles. The third-order valence-corrected chi connectivity index (χ3v) is 7.04. The lowest BCUT2D eigenvalue weighted by Gasteiger charge is -2.32. The van der Waals surface area contributed by atoms with Gasteiger partial charge in [0.15, 0.2) is 6.61 Å². The molecule has 2 unspecified atom stereocenters. The van der Waals surface area contributed by atoms with Gasteiger partial charge >= 0.3 is 0 Å². The summed E-state index contributed by atoms with van der Waals surface area (Å²) in [7, 11) is 0. The minimum absolute atomic E-state index is 0.0288. The monoisotopic (exact) mass is 540 g/mol. The lowest BCUT2D eigenvalue weighted by molar-refractivity contribution is -0.143. The summed E-state index contributed by atoms with van der Waals surface area (Å²) in [5.41, 5.74) is 3.69. The summed E-state index contributed by atoms with van der Waals surface area (Å²) in [6, 6.07) is 20.0. The van der Waals surface area contributed by atoms with Crippen molar-refractivity contribution in [1.29, 1.82) is 0 Å². The second-order valence-electron chi connectivity index (χ2n) is 9.35. The summed E-state index contributed by atoms with van der Waals surface area (Å²) < 4.78 is 5.95. The Hall–Kier alpha value is -3.02. The minimum atomic E-state index is -0.749. The molecule has 0 fully saturated rings. The summed E-state index contributed by atoms with van der Waals surface area (Å²) in [6.07, 6.45) is 1.14. The largest absolute Gasteiger partial charge is 0.483 e. The molecule has 5 nitrogen and oxygen atoms in total. The van der Waals surface area contributed by atoms with Gasteiger partial charge in [-0.3, -0.25) is 9.59 Å². The predicted molar refractivity (Wildman–Crippen MR) is 150 cm³/mol. The third-order valence-electron chi connectivity index (χ3n) is 6.30. The molecule has 0 aromatic heterocycles. The number of halogens is 2. The fourth-order valence-electron chi connectivity index (χ4n) is 3.91. The Kier molecular flexibility index (Phi) is 10.4. The van der Waals surface area contributed by atoms with Gasteiger partial charge in [0.25, 0.3) is 5.91 Å². The summed E-state index contributed by atoms with van der Waals surface area (Å²) in [5.74, 6) is 0.136. The van der Waals surface area contributed by atoms with E-state index in [2.05, 4.69) is 5.32 Å². The number of nitrogens with zero attached hydrogens (tertiary/aromatic N) is 1. The first kappa shape index (κ1) is 28.5. The Bertz CT molecular complexity index is 1220. The van der Waals surface area contributed by atoms with E-state index >= 15 is 0 Å². The maximum atomic E-state index is 13.7. The molecule has 196 valence electrons. The van der Waals surface area contributed by atoms with Crippen molar-refractivity contribution < 1.29 is 14.3 Å². The molecule has 2 amide bonds. The molecular formula is C30H34Cl2N2O3. The Morgan fingerprint density at radius 2 is 1.68 bits per heavy atom. The molecule has 0 saturated heterocycles. The molecule has 0 aliphatic rings. The number of hydrogen-bond acceptors (Lipinski definition) is 3. The molecule has 0 aliphatic carbocycles. The van der Waals surface area contributed by atoms with E-state index < -0.39 is 6.04 Å². The zero-order valence-electron chi connectivity index (χ0n) is 21.8. The van der Waals surface area contributed by atoms with Gasteiger partial charge in [-0.15, -0.1) is 0 Å². The normalized spacial score (nSPS) is 12.5. The van der Waals surface area contributed by atoms with E-state index in [0.717, 1.165) is 28.7 Å². The second-order valence-corrected chi connectivity index (χ2v) is 10.2. The van der Waals surface area contributed by atoms with Crippen LogP contribution in [0.25, 0.3) is 0 Å². The van der Waals surface area contributed by atoms with Crippen LogP contribution in [0.15, 0.2) is 66.7 Å². The maximum absolute atomic E-state index is 13.7. The summed E-state index contributed by atoms with van der Waals surface area (Å²) in [5, 5.41) is 3.88. The molecule has 2 atom stereocenters. The van der Waals surface area contributed by atoms with Gasteiger partial charge in [-0.25, -0.2) is 0 Å². The quantitative estimate of drug-likeness (QED) is 0.300. The van der Waals surface area contributed by atoms with Gasteiger partial charge < -0.3 is 15.0 Å². The van der Waals surface area contributed by atoms with Crippen LogP contribution in [-0.2, 0) is 22.6 Å². The zero-order valence-corrected chi connectivity index (χ0v) is 23.3. The van der Waals surface area contributed by atoms with Crippen LogP contribution in [0.3, 0.4) is 0 Å². The van der Waals surface area contributed by atoms with Crippen molar-refractivity contribution in [1.82, 2.24) is 10.2 Å². The van der Waals surface area contributed by atoms with Gasteiger partial charge in [-0.2, -0.15) is 0 Å². The minimum Gasteiger partial charge on any atom is -0.483 e. The summed E-state index contributed by atoms with van der Waals surface area (Å²) in [6.45, 7) is 7.84. The van der Waals surface area contributed by atoms with Crippen LogP contribution in [0.2, 0.25) is 10.0 Å². The van der Waals surface area contributed by atoms with Gasteiger partial charge in [-0.05, 0) is 67.6 Å². The summed E-state index contributed by atoms with van der Waals surface area (Å²) in [4.78, 5) is 28.9. The molecule has 0 aliphatic heterocycles. The van der Waals surface area contributed by atoms with Gasteiger partial charge in [0.05, 0.1) is 10.0 Å². The first-order valence-corrected chi connectivity index (χ1v) is 13.2. The van der Waals surface area contributed by atoms with Crippen LogP contribution >= 0.6 is 23.2 Å². The highest BCUT2D eigenvalue weighted by molar-refractivity contribution is 6.42. The molecule has 0 bridgehead atoms. The van der Waals surface area contributed by atoms with Crippen molar-refractivity contribution >= 4 is 35.0 Å². The molecule has 1 N–H and O–H groups in total. The molecule has 3 aromatic carbocycles. The van der Waals surface area contributed by atoms with Gasteiger partial charge in [-0.1, -0.05) is 78.7 Å². The van der Waals surface area contributed by atoms with E-state index in [1.165, 1.54) is 0 Å². The van der Waals surface area contributed by atoms with Crippen molar-refractivity contribution in [3.63, 3.8) is 0 Å². The fraction of sp³-hybridized carbons (Fsp3) is 0.333. The van der Waals surface area contributed by atoms with Crippen LogP contribution in [0.1, 0.15) is 42.5 Å². The molecular weight excluding hydrogens is 507 g/mol. The van der Waals surface area contributed by atoms with Crippen LogP contribution in [-0.4, -0.2) is 35.4 Å². The topological polar surface area (TPSA) is 58.6 Å². The molecule has 3 rings (SSSR count). The number of aryl methyl sites for hydroxylation is 2. The van der Waals surface area contributed by atoms with Gasteiger partial charge in [0, 0.05) is 19.0 Å². The molecule has 0 spiro atoms. The molecule has 37 heavy (non-hydrogen) atoms. The van der Waals surface area contributed by atoms with E-state index in [4.69, 9.17) is 27.9 Å². The number of carbonyl (C=O) groups excluding carboxylic acids is 2. The summed E-state index contributed by atoms with van der Waals surface area (Å²) >= 11 is 12.4.